The molecule has 2 aromatic rings. The first-order valence-electron chi connectivity index (χ1n) is 10.5. The van der Waals surface area contributed by atoms with E-state index in [-0.39, 0.29) is 5.41 Å². The summed E-state index contributed by atoms with van der Waals surface area (Å²) in [6.45, 7) is 8.13. The van der Waals surface area contributed by atoms with Crippen molar-refractivity contribution in [2.45, 2.75) is 44.6 Å². The Morgan fingerprint density at radius 2 is 1.84 bits per heavy atom. The second kappa shape index (κ2) is 8.65. The smallest absolute Gasteiger partial charge is 0.409 e. The number of amides is 1. The molecule has 2 heterocycles. The van der Waals surface area contributed by atoms with E-state index in [1.54, 1.807) is 0 Å². The Balaban J connectivity index is 1.64. The lowest BCUT2D eigenvalue weighted by Crippen LogP contribution is -2.45. The van der Waals surface area contributed by atoms with Gasteiger partial charge in [-0.25, -0.2) is 4.79 Å². The zero-order valence-corrected chi connectivity index (χ0v) is 19.6. The van der Waals surface area contributed by atoms with Crippen molar-refractivity contribution in [3.8, 4) is 0 Å². The minimum atomic E-state index is -0.669. The Bertz CT molecular complexity index is 990. The highest BCUT2D eigenvalue weighted by Crippen LogP contribution is 2.41. The van der Waals surface area contributed by atoms with Gasteiger partial charge in [0.2, 0.25) is 0 Å². The number of carbonyl (C=O) groups is 1. The lowest BCUT2D eigenvalue weighted by molar-refractivity contribution is -0.0750. The Morgan fingerprint density at radius 3 is 2.48 bits per heavy atom. The van der Waals surface area contributed by atoms with E-state index in [9.17, 15) is 4.79 Å². The van der Waals surface area contributed by atoms with Crippen LogP contribution in [0.4, 0.5) is 10.5 Å². The van der Waals surface area contributed by atoms with Crippen molar-refractivity contribution < 1.29 is 14.4 Å². The summed E-state index contributed by atoms with van der Waals surface area (Å²) in [4.78, 5) is 18.8. The van der Waals surface area contributed by atoms with Gasteiger partial charge >= 0.3 is 6.09 Å². The average molecular weight is 486 g/mol. The maximum Gasteiger partial charge on any atom is 0.416 e. The summed E-state index contributed by atoms with van der Waals surface area (Å²) in [5.74, 6) is 0.532. The minimum absolute atomic E-state index is 0.0615. The molecule has 4 rings (SSSR count). The first-order valence-corrected chi connectivity index (χ1v) is 11.3. The molecule has 7 heteroatoms. The molecule has 0 atom stereocenters. The van der Waals surface area contributed by atoms with Gasteiger partial charge in [-0.05, 0) is 55.1 Å². The second-order valence-electron chi connectivity index (χ2n) is 9.00. The van der Waals surface area contributed by atoms with Crippen LogP contribution in [0.3, 0.4) is 0 Å². The van der Waals surface area contributed by atoms with Crippen LogP contribution in [0.1, 0.15) is 44.7 Å². The predicted molar refractivity (Wildman–Crippen MR) is 125 cm³/mol. The quantitative estimate of drug-likeness (QED) is 0.548. The number of hydrogen-bond donors (Lipinski definition) is 3. The van der Waals surface area contributed by atoms with Gasteiger partial charge in [-0.2, -0.15) is 0 Å². The van der Waals surface area contributed by atoms with E-state index < -0.39 is 11.7 Å². The van der Waals surface area contributed by atoms with Gasteiger partial charge in [0.05, 0.1) is 0 Å². The number of benzene rings is 2. The maximum atomic E-state index is 12.8. The summed E-state index contributed by atoms with van der Waals surface area (Å²) in [7, 11) is 0. The fourth-order valence-electron chi connectivity index (χ4n) is 3.90. The third-order valence-corrected chi connectivity index (χ3v) is 6.20. The number of hydroxylamine groups is 1. The van der Waals surface area contributed by atoms with Crippen LogP contribution in [0.25, 0.3) is 5.70 Å². The van der Waals surface area contributed by atoms with Crippen LogP contribution in [0, 0.1) is 0 Å². The third-order valence-electron chi connectivity index (χ3n) is 5.71. The minimum Gasteiger partial charge on any atom is -0.409 e. The highest BCUT2D eigenvalue weighted by Gasteiger charge is 2.47. The number of anilines is 1. The number of rotatable bonds is 3. The maximum absolute atomic E-state index is 12.8. The summed E-state index contributed by atoms with van der Waals surface area (Å²) in [5.41, 5.74) is 5.97. The zero-order valence-electron chi connectivity index (χ0n) is 18.0. The molecule has 1 spiro atoms. The van der Waals surface area contributed by atoms with E-state index in [0.717, 1.165) is 23.1 Å². The summed E-state index contributed by atoms with van der Waals surface area (Å²) < 4.78 is 6.79. The normalized spacial score (nSPS) is 18.1. The van der Waals surface area contributed by atoms with Gasteiger partial charge in [0, 0.05) is 15.7 Å². The first-order chi connectivity index (χ1) is 14.8. The van der Waals surface area contributed by atoms with Gasteiger partial charge in [-0.15, -0.1) is 0 Å². The largest absolute Gasteiger partial charge is 0.416 e. The number of nitrogens with one attached hydrogen (secondary N) is 3. The van der Waals surface area contributed by atoms with E-state index in [4.69, 9.17) is 9.57 Å². The van der Waals surface area contributed by atoms with Crippen LogP contribution in [0.15, 0.2) is 58.8 Å². The topological polar surface area (TPSA) is 71.6 Å². The van der Waals surface area contributed by atoms with Gasteiger partial charge in [-0.1, -0.05) is 67.0 Å². The predicted octanol–water partition coefficient (Wildman–Crippen LogP) is 5.32. The fraction of sp³-hybridized carbons (Fsp3) is 0.375. The lowest BCUT2D eigenvalue weighted by Gasteiger charge is -2.32. The van der Waals surface area contributed by atoms with Gasteiger partial charge in [0.25, 0.3) is 0 Å². The molecular formula is C24H28BrN3O3. The average Bonchev–Trinajstić information content (AvgIpc) is 3.05. The van der Waals surface area contributed by atoms with Crippen LogP contribution in [-0.2, 0) is 15.0 Å². The van der Waals surface area contributed by atoms with Gasteiger partial charge in [0.1, 0.15) is 5.70 Å². The van der Waals surface area contributed by atoms with E-state index in [1.807, 2.05) is 36.4 Å². The summed E-state index contributed by atoms with van der Waals surface area (Å²) >= 11 is 3.42. The van der Waals surface area contributed by atoms with Crippen molar-refractivity contribution in [1.82, 2.24) is 10.8 Å². The monoisotopic (exact) mass is 485 g/mol. The van der Waals surface area contributed by atoms with Gasteiger partial charge in [0.15, 0.2) is 11.4 Å². The molecule has 0 aromatic heterocycles. The van der Waals surface area contributed by atoms with Crippen LogP contribution in [0.2, 0.25) is 0 Å². The highest BCUT2D eigenvalue weighted by atomic mass is 79.9. The van der Waals surface area contributed by atoms with Crippen molar-refractivity contribution in [1.29, 1.82) is 0 Å². The van der Waals surface area contributed by atoms with Crippen molar-refractivity contribution >= 4 is 33.4 Å². The molecule has 0 saturated carbocycles. The number of carbonyl (C=O) groups excluding carboxylic acids is 1. The molecule has 2 aliphatic rings. The molecule has 1 amide bonds. The van der Waals surface area contributed by atoms with Crippen LogP contribution in [-0.4, -0.2) is 24.8 Å². The summed E-state index contributed by atoms with van der Waals surface area (Å²) in [6.07, 6.45) is 0.883. The Morgan fingerprint density at radius 1 is 1.13 bits per heavy atom. The molecule has 164 valence electrons. The Kier molecular flexibility index (Phi) is 6.10. The summed E-state index contributed by atoms with van der Waals surface area (Å²) in [5, 5.41) is 6.15. The molecule has 3 N–H and O–H groups in total. The summed E-state index contributed by atoms with van der Waals surface area (Å²) in [6, 6.07) is 15.7. The van der Waals surface area contributed by atoms with Crippen LogP contribution < -0.4 is 16.1 Å². The lowest BCUT2D eigenvalue weighted by atomic mass is 9.86. The molecule has 1 saturated heterocycles. The fourth-order valence-corrected chi connectivity index (χ4v) is 4.30. The first kappa shape index (κ1) is 21.9. The Labute approximate surface area is 191 Å². The number of halogens is 1. The molecule has 31 heavy (non-hydrogen) atoms. The number of piperidine rings is 1. The molecule has 0 bridgehead atoms. The van der Waals surface area contributed by atoms with Crippen LogP contribution >= 0.6 is 15.9 Å². The molecule has 0 unspecified atom stereocenters. The molecule has 1 fully saturated rings. The molecular weight excluding hydrogens is 458 g/mol. The van der Waals surface area contributed by atoms with Crippen LogP contribution in [0.5, 0.6) is 0 Å². The van der Waals surface area contributed by atoms with Crippen molar-refractivity contribution in [2.75, 3.05) is 18.4 Å². The SMILES string of the molecule is CC(C)(C)c1ccc(C2=C(OC(=O)Nc3cccc(Br)c3)C3(CCNCC3)ON2)cc1. The molecule has 2 aliphatic heterocycles. The van der Waals surface area contributed by atoms with Gasteiger partial charge in [-0.3, -0.25) is 15.6 Å². The molecule has 0 aliphatic carbocycles. The Hall–Kier alpha value is -2.35. The molecule has 0 radical (unpaired) electrons. The second-order valence-corrected chi connectivity index (χ2v) is 9.92. The number of hydrogen-bond acceptors (Lipinski definition) is 5. The molecule has 2 aromatic carbocycles. The van der Waals surface area contributed by atoms with Crippen molar-refractivity contribution in [3.05, 3.63) is 69.9 Å². The van der Waals surface area contributed by atoms with Gasteiger partial charge < -0.3 is 10.1 Å². The van der Waals surface area contributed by atoms with Crippen molar-refractivity contribution in [2.24, 2.45) is 0 Å². The molecule has 6 nitrogen and oxygen atoms in total. The van der Waals surface area contributed by atoms with E-state index in [1.165, 1.54) is 5.56 Å². The third kappa shape index (κ3) is 4.79. The van der Waals surface area contributed by atoms with E-state index in [0.29, 0.717) is 30.0 Å². The standard InChI is InChI=1S/C24H28BrN3O3/c1-23(2,3)17-9-7-16(8-10-17)20-21(24(31-28-20)11-13-26-14-12-24)30-22(29)27-19-6-4-5-18(25)15-19/h4-10,15,26,28H,11-14H2,1-3H3,(H,27,29). The van der Waals surface area contributed by atoms with Crippen molar-refractivity contribution in [3.63, 3.8) is 0 Å². The highest BCUT2D eigenvalue weighted by molar-refractivity contribution is 9.10. The zero-order chi connectivity index (χ0) is 22.1. The number of ether oxygens (including phenoxy) is 1. The van der Waals surface area contributed by atoms with E-state index in [2.05, 4.69) is 64.9 Å². The van der Waals surface area contributed by atoms with E-state index >= 15 is 0 Å².